The van der Waals surface area contributed by atoms with Crippen molar-refractivity contribution in [3.8, 4) is 0 Å². The fourth-order valence-electron chi connectivity index (χ4n) is 2.91. The van der Waals surface area contributed by atoms with E-state index in [1.165, 1.54) is 0 Å². The predicted molar refractivity (Wildman–Crippen MR) is 61.7 cm³/mol. The Balaban J connectivity index is 2.33. The number of hydrogen-bond donors (Lipinski definition) is 3. The first-order valence-corrected chi connectivity index (χ1v) is 6.12. The summed E-state index contributed by atoms with van der Waals surface area (Å²) in [5.74, 6) is -0.694. The van der Waals surface area contributed by atoms with Crippen molar-refractivity contribution < 1.29 is 29.7 Å². The molecule has 0 aromatic carbocycles. The smallest absolute Gasteiger partial charge is 0.414 e. The lowest BCUT2D eigenvalue weighted by atomic mass is 9.77. The molecule has 8 heteroatoms. The van der Waals surface area contributed by atoms with Gasteiger partial charge in [0, 0.05) is 13.1 Å². The summed E-state index contributed by atoms with van der Waals surface area (Å²) in [7, 11) is 0. The normalized spacial score (nSPS) is 31.6. The number of aliphatic hydroxyl groups is 1. The van der Waals surface area contributed by atoms with Gasteiger partial charge in [-0.3, -0.25) is 9.69 Å². The highest BCUT2D eigenvalue weighted by Crippen LogP contribution is 2.37. The summed E-state index contributed by atoms with van der Waals surface area (Å²) in [5, 5.41) is 27.7. The molecule has 19 heavy (non-hydrogen) atoms. The fraction of sp³-hybridized carbons (Fsp3) is 0.727. The number of rotatable bonds is 0. The molecule has 0 bridgehead atoms. The van der Waals surface area contributed by atoms with E-state index in [2.05, 4.69) is 0 Å². The van der Waals surface area contributed by atoms with Crippen LogP contribution in [0.1, 0.15) is 25.7 Å². The molecule has 1 aliphatic carbocycles. The van der Waals surface area contributed by atoms with Crippen molar-refractivity contribution in [2.45, 2.75) is 37.3 Å². The van der Waals surface area contributed by atoms with Crippen molar-refractivity contribution in [1.82, 2.24) is 9.80 Å². The molecular weight excluding hydrogens is 256 g/mol. The predicted octanol–water partition coefficient (Wildman–Crippen LogP) is 0.160. The van der Waals surface area contributed by atoms with Gasteiger partial charge in [0.05, 0.1) is 6.10 Å². The summed E-state index contributed by atoms with van der Waals surface area (Å²) in [6.45, 7) is -0.172. The molecule has 1 saturated heterocycles. The number of carbonyl (C=O) groups is 3. The molecule has 0 radical (unpaired) electrons. The second kappa shape index (κ2) is 4.69. The van der Waals surface area contributed by atoms with E-state index >= 15 is 0 Å². The van der Waals surface area contributed by atoms with Crippen molar-refractivity contribution >= 4 is 18.1 Å². The first-order chi connectivity index (χ1) is 8.88. The first kappa shape index (κ1) is 13.6. The van der Waals surface area contributed by atoms with Crippen LogP contribution in [-0.4, -0.2) is 67.9 Å². The van der Waals surface area contributed by atoms with E-state index < -0.39 is 29.7 Å². The lowest BCUT2D eigenvalue weighted by Crippen LogP contribution is -2.69. The van der Waals surface area contributed by atoms with Gasteiger partial charge in [-0.05, 0) is 25.7 Å². The van der Waals surface area contributed by atoms with Crippen molar-refractivity contribution in [2.75, 3.05) is 13.1 Å². The second-order valence-corrected chi connectivity index (χ2v) is 4.94. The minimum atomic E-state index is -1.36. The van der Waals surface area contributed by atoms with Gasteiger partial charge in [-0.25, -0.2) is 14.5 Å². The van der Waals surface area contributed by atoms with Crippen LogP contribution in [0.4, 0.5) is 9.59 Å². The van der Waals surface area contributed by atoms with Gasteiger partial charge in [-0.1, -0.05) is 0 Å². The highest BCUT2D eigenvalue weighted by atomic mass is 16.4. The monoisotopic (exact) mass is 272 g/mol. The zero-order valence-electron chi connectivity index (χ0n) is 10.3. The van der Waals surface area contributed by atoms with E-state index in [9.17, 15) is 24.6 Å². The summed E-state index contributed by atoms with van der Waals surface area (Å²) in [6.07, 6.45) is -2.25. The number of piperazine rings is 1. The SMILES string of the molecule is O=C(O)N1CCN(C(=O)O)C2(CCC(O)CC2)C1=O. The molecule has 8 nitrogen and oxygen atoms in total. The van der Waals surface area contributed by atoms with Crippen LogP contribution in [0.5, 0.6) is 0 Å². The molecule has 2 aliphatic rings. The van der Waals surface area contributed by atoms with E-state index in [0.29, 0.717) is 17.7 Å². The number of carbonyl (C=O) groups excluding carboxylic acids is 1. The van der Waals surface area contributed by atoms with Gasteiger partial charge >= 0.3 is 12.2 Å². The third-order valence-electron chi connectivity index (χ3n) is 3.95. The number of nitrogens with zero attached hydrogens (tertiary/aromatic N) is 2. The van der Waals surface area contributed by atoms with Crippen LogP contribution in [0.3, 0.4) is 0 Å². The minimum absolute atomic E-state index is 0.0243. The molecule has 1 aliphatic heterocycles. The number of carboxylic acid groups (broad SMARTS) is 2. The highest BCUT2D eigenvalue weighted by Gasteiger charge is 2.54. The van der Waals surface area contributed by atoms with Crippen LogP contribution in [0, 0.1) is 0 Å². The Labute approximate surface area is 109 Å². The molecule has 2 rings (SSSR count). The van der Waals surface area contributed by atoms with E-state index in [1.807, 2.05) is 0 Å². The summed E-state index contributed by atoms with van der Waals surface area (Å²) in [4.78, 5) is 36.3. The Morgan fingerprint density at radius 2 is 1.68 bits per heavy atom. The lowest BCUT2D eigenvalue weighted by Gasteiger charge is -2.49. The Hall–Kier alpha value is -1.83. The Morgan fingerprint density at radius 3 is 2.16 bits per heavy atom. The van der Waals surface area contributed by atoms with Crippen molar-refractivity contribution in [1.29, 1.82) is 0 Å². The molecule has 0 atom stereocenters. The topological polar surface area (TPSA) is 118 Å². The number of amides is 3. The Morgan fingerprint density at radius 1 is 1.11 bits per heavy atom. The van der Waals surface area contributed by atoms with Crippen molar-refractivity contribution in [3.63, 3.8) is 0 Å². The van der Waals surface area contributed by atoms with Gasteiger partial charge in [0.15, 0.2) is 0 Å². The maximum absolute atomic E-state index is 12.3. The number of hydrogen-bond acceptors (Lipinski definition) is 4. The Bertz CT molecular complexity index is 415. The molecule has 0 aromatic rings. The van der Waals surface area contributed by atoms with Crippen LogP contribution < -0.4 is 0 Å². The summed E-state index contributed by atoms with van der Waals surface area (Å²) >= 11 is 0. The van der Waals surface area contributed by atoms with E-state index in [1.54, 1.807) is 0 Å². The minimum Gasteiger partial charge on any atom is -0.465 e. The van der Waals surface area contributed by atoms with Gasteiger partial charge in [0.2, 0.25) is 0 Å². The van der Waals surface area contributed by atoms with Crippen LogP contribution >= 0.6 is 0 Å². The van der Waals surface area contributed by atoms with E-state index in [4.69, 9.17) is 5.11 Å². The third kappa shape index (κ3) is 2.12. The third-order valence-corrected chi connectivity index (χ3v) is 3.95. The fourth-order valence-corrected chi connectivity index (χ4v) is 2.91. The van der Waals surface area contributed by atoms with Gasteiger partial charge in [-0.2, -0.15) is 0 Å². The van der Waals surface area contributed by atoms with Gasteiger partial charge < -0.3 is 15.3 Å². The lowest BCUT2D eigenvalue weighted by molar-refractivity contribution is -0.150. The molecule has 3 N–H and O–H groups in total. The zero-order valence-corrected chi connectivity index (χ0v) is 10.3. The molecule has 106 valence electrons. The number of imide groups is 1. The summed E-state index contributed by atoms with van der Waals surface area (Å²) in [6, 6.07) is 0. The average molecular weight is 272 g/mol. The maximum atomic E-state index is 12.3. The second-order valence-electron chi connectivity index (χ2n) is 4.94. The maximum Gasteiger partial charge on any atom is 0.414 e. The van der Waals surface area contributed by atoms with Gasteiger partial charge in [-0.15, -0.1) is 0 Å². The molecule has 1 heterocycles. The zero-order chi connectivity index (χ0) is 14.2. The average Bonchev–Trinajstić information content (AvgIpc) is 2.34. The quantitative estimate of drug-likeness (QED) is 0.578. The molecule has 2 fully saturated rings. The van der Waals surface area contributed by atoms with Crippen LogP contribution in [-0.2, 0) is 4.79 Å². The number of aliphatic hydroxyl groups excluding tert-OH is 1. The molecular formula is C11H16N2O6. The summed E-state index contributed by atoms with van der Waals surface area (Å²) in [5.41, 5.74) is -1.33. The molecule has 1 spiro atoms. The van der Waals surface area contributed by atoms with E-state index in [0.717, 1.165) is 4.90 Å². The van der Waals surface area contributed by atoms with Crippen LogP contribution in [0.15, 0.2) is 0 Å². The van der Waals surface area contributed by atoms with Crippen molar-refractivity contribution in [2.24, 2.45) is 0 Å². The first-order valence-electron chi connectivity index (χ1n) is 6.12. The molecule has 0 unspecified atom stereocenters. The van der Waals surface area contributed by atoms with Gasteiger partial charge in [0.25, 0.3) is 5.91 Å². The van der Waals surface area contributed by atoms with Crippen LogP contribution in [0.2, 0.25) is 0 Å². The molecule has 3 amide bonds. The van der Waals surface area contributed by atoms with Gasteiger partial charge in [0.1, 0.15) is 5.54 Å². The molecule has 0 aromatic heterocycles. The van der Waals surface area contributed by atoms with E-state index in [-0.39, 0.29) is 25.9 Å². The Kier molecular flexibility index (Phi) is 3.36. The molecule has 1 saturated carbocycles. The van der Waals surface area contributed by atoms with Crippen LogP contribution in [0.25, 0.3) is 0 Å². The highest BCUT2D eigenvalue weighted by molar-refractivity contribution is 5.99. The largest absolute Gasteiger partial charge is 0.465 e. The van der Waals surface area contributed by atoms with Crippen molar-refractivity contribution in [3.05, 3.63) is 0 Å². The standard InChI is InChI=1S/C11H16N2O6/c14-7-1-3-11(4-2-7)8(15)12(9(16)17)5-6-13(11)10(18)19/h7,14H,1-6H2,(H,16,17)(H,18,19). The summed E-state index contributed by atoms with van der Waals surface area (Å²) < 4.78 is 0.